The van der Waals surface area contributed by atoms with Crippen molar-refractivity contribution in [2.24, 2.45) is 0 Å². The summed E-state index contributed by atoms with van der Waals surface area (Å²) in [6.45, 7) is 4.50. The maximum absolute atomic E-state index is 11.5. The molecular formula is C17H20ClNO3. The number of benzene rings is 1. The molecule has 0 bridgehead atoms. The highest BCUT2D eigenvalue weighted by atomic mass is 35.5. The van der Waals surface area contributed by atoms with Gasteiger partial charge in [-0.05, 0) is 25.5 Å². The monoisotopic (exact) mass is 321 g/mol. The molecule has 22 heavy (non-hydrogen) atoms. The van der Waals surface area contributed by atoms with E-state index in [9.17, 15) is 5.11 Å². The average molecular weight is 322 g/mol. The van der Waals surface area contributed by atoms with Gasteiger partial charge in [0.2, 0.25) is 0 Å². The minimum Gasteiger partial charge on any atom is -0.375 e. The van der Waals surface area contributed by atoms with E-state index in [2.05, 4.69) is 4.98 Å². The number of aliphatic hydroxyl groups is 1. The van der Waals surface area contributed by atoms with Gasteiger partial charge < -0.3 is 14.6 Å². The molecule has 1 atom stereocenters. The van der Waals surface area contributed by atoms with Crippen molar-refractivity contribution in [3.8, 4) is 0 Å². The summed E-state index contributed by atoms with van der Waals surface area (Å²) in [7, 11) is 0. The molecule has 0 fully saturated rings. The zero-order valence-corrected chi connectivity index (χ0v) is 13.5. The number of nitrogens with zero attached hydrogens (tertiary/aromatic N) is 1. The van der Waals surface area contributed by atoms with Crippen molar-refractivity contribution in [1.29, 1.82) is 0 Å². The summed E-state index contributed by atoms with van der Waals surface area (Å²) in [4.78, 5) is 4.08. The number of rotatable bonds is 7. The summed E-state index contributed by atoms with van der Waals surface area (Å²) in [5, 5.41) is 11.9. The van der Waals surface area contributed by atoms with E-state index in [4.69, 9.17) is 21.1 Å². The van der Waals surface area contributed by atoms with Gasteiger partial charge in [-0.2, -0.15) is 0 Å². The van der Waals surface area contributed by atoms with Crippen LogP contribution in [0.3, 0.4) is 0 Å². The average Bonchev–Trinajstić information content (AvgIpc) is 2.55. The predicted octanol–water partition coefficient (Wildman–Crippen LogP) is 3.37. The van der Waals surface area contributed by atoms with Crippen LogP contribution in [0.25, 0.3) is 0 Å². The van der Waals surface area contributed by atoms with E-state index < -0.39 is 11.9 Å². The molecule has 1 aromatic carbocycles. The normalized spacial score (nSPS) is 14.0. The Morgan fingerprint density at radius 2 is 1.77 bits per heavy atom. The maximum Gasteiger partial charge on any atom is 0.195 e. The second kappa shape index (κ2) is 7.70. The fourth-order valence-electron chi connectivity index (χ4n) is 2.36. The molecule has 5 heteroatoms. The Morgan fingerprint density at radius 3 is 2.32 bits per heavy atom. The number of ether oxygens (including phenoxy) is 2. The first-order valence-corrected chi connectivity index (χ1v) is 7.63. The largest absolute Gasteiger partial charge is 0.375 e. The van der Waals surface area contributed by atoms with Crippen LogP contribution in [0.2, 0.25) is 5.02 Å². The van der Waals surface area contributed by atoms with Crippen LogP contribution >= 0.6 is 11.6 Å². The molecule has 0 saturated heterocycles. The summed E-state index contributed by atoms with van der Waals surface area (Å²) in [5.74, 6) is 0. The number of aromatic nitrogens is 1. The second-order valence-corrected chi connectivity index (χ2v) is 5.14. The van der Waals surface area contributed by atoms with Gasteiger partial charge in [-0.25, -0.2) is 0 Å². The van der Waals surface area contributed by atoms with Gasteiger partial charge in [-0.3, -0.25) is 4.98 Å². The molecule has 4 nitrogen and oxygen atoms in total. The standard InChI is InChI=1S/C17H20ClNO3/c1-3-21-16(22-4-2)17(20,13-8-6-5-7-9-13)14-12-19-11-10-15(14)18/h5-12,16,20H,3-4H2,1-2H3. The van der Waals surface area contributed by atoms with Crippen LogP contribution in [0.1, 0.15) is 25.0 Å². The summed E-state index contributed by atoms with van der Waals surface area (Å²) in [6, 6.07) is 10.8. The van der Waals surface area contributed by atoms with Crippen LogP contribution in [0.15, 0.2) is 48.8 Å². The second-order valence-electron chi connectivity index (χ2n) is 4.73. The Bertz CT molecular complexity index is 587. The zero-order valence-electron chi connectivity index (χ0n) is 12.7. The van der Waals surface area contributed by atoms with Crippen molar-refractivity contribution < 1.29 is 14.6 Å². The van der Waals surface area contributed by atoms with Crippen LogP contribution < -0.4 is 0 Å². The lowest BCUT2D eigenvalue weighted by Crippen LogP contribution is -2.44. The van der Waals surface area contributed by atoms with Gasteiger partial charge in [0, 0.05) is 31.2 Å². The summed E-state index contributed by atoms with van der Waals surface area (Å²) in [5.41, 5.74) is -0.454. The van der Waals surface area contributed by atoms with Crippen LogP contribution in [0, 0.1) is 0 Å². The highest BCUT2D eigenvalue weighted by Gasteiger charge is 2.43. The zero-order chi connectivity index (χ0) is 16.0. The van der Waals surface area contributed by atoms with Gasteiger partial charge in [0.25, 0.3) is 0 Å². The number of hydrogen-bond acceptors (Lipinski definition) is 4. The van der Waals surface area contributed by atoms with Gasteiger partial charge >= 0.3 is 0 Å². The van der Waals surface area contributed by atoms with E-state index in [-0.39, 0.29) is 0 Å². The van der Waals surface area contributed by atoms with Gasteiger partial charge in [0.05, 0.1) is 5.02 Å². The third-order valence-corrected chi connectivity index (χ3v) is 3.70. The SMILES string of the molecule is CCOC(OCC)C(O)(c1ccccc1)c1cnccc1Cl. The van der Waals surface area contributed by atoms with E-state index in [1.165, 1.54) is 0 Å². The van der Waals surface area contributed by atoms with E-state index in [0.717, 1.165) is 0 Å². The Labute approximate surface area is 135 Å². The van der Waals surface area contributed by atoms with Crippen molar-refractivity contribution >= 4 is 11.6 Å². The van der Waals surface area contributed by atoms with Crippen molar-refractivity contribution in [2.75, 3.05) is 13.2 Å². The first kappa shape index (κ1) is 16.9. The topological polar surface area (TPSA) is 51.6 Å². The van der Waals surface area contributed by atoms with E-state index >= 15 is 0 Å². The molecule has 0 saturated carbocycles. The molecule has 1 aromatic heterocycles. The van der Waals surface area contributed by atoms with Gasteiger partial charge in [0.15, 0.2) is 11.9 Å². The molecule has 0 aliphatic rings. The molecule has 0 aliphatic heterocycles. The third kappa shape index (κ3) is 3.31. The number of pyridine rings is 1. The van der Waals surface area contributed by atoms with E-state index in [1.807, 2.05) is 44.2 Å². The summed E-state index contributed by atoms with van der Waals surface area (Å²) in [6.07, 6.45) is 2.24. The molecule has 0 amide bonds. The van der Waals surface area contributed by atoms with Crippen LogP contribution in [0.4, 0.5) is 0 Å². The molecule has 118 valence electrons. The highest BCUT2D eigenvalue weighted by Crippen LogP contribution is 2.38. The third-order valence-electron chi connectivity index (χ3n) is 3.37. The van der Waals surface area contributed by atoms with Crippen molar-refractivity contribution in [3.63, 3.8) is 0 Å². The Balaban J connectivity index is 2.60. The van der Waals surface area contributed by atoms with Gasteiger partial charge in [-0.15, -0.1) is 0 Å². The molecule has 1 N–H and O–H groups in total. The van der Waals surface area contributed by atoms with Crippen LogP contribution in [-0.4, -0.2) is 29.6 Å². The molecule has 1 heterocycles. The molecule has 1 unspecified atom stereocenters. The molecule has 2 aromatic rings. The molecular weight excluding hydrogens is 302 g/mol. The van der Waals surface area contributed by atoms with Gasteiger partial charge in [-0.1, -0.05) is 41.9 Å². The Hall–Kier alpha value is -1.46. The number of hydrogen-bond donors (Lipinski definition) is 1. The predicted molar refractivity (Wildman–Crippen MR) is 85.7 cm³/mol. The van der Waals surface area contributed by atoms with E-state index in [0.29, 0.717) is 29.4 Å². The minimum absolute atomic E-state index is 0.400. The maximum atomic E-state index is 11.5. The van der Waals surface area contributed by atoms with Crippen molar-refractivity contribution in [3.05, 3.63) is 64.9 Å². The molecule has 0 radical (unpaired) electrons. The first-order chi connectivity index (χ1) is 10.6. The van der Waals surface area contributed by atoms with Crippen molar-refractivity contribution in [2.45, 2.75) is 25.7 Å². The highest BCUT2D eigenvalue weighted by molar-refractivity contribution is 6.31. The van der Waals surface area contributed by atoms with Crippen molar-refractivity contribution in [1.82, 2.24) is 4.98 Å². The molecule has 2 rings (SSSR count). The van der Waals surface area contributed by atoms with E-state index in [1.54, 1.807) is 18.5 Å². The lowest BCUT2D eigenvalue weighted by Gasteiger charge is -2.36. The lowest BCUT2D eigenvalue weighted by atomic mass is 9.86. The minimum atomic E-state index is -1.54. The molecule has 0 aliphatic carbocycles. The fourth-order valence-corrected chi connectivity index (χ4v) is 2.61. The van der Waals surface area contributed by atoms with Gasteiger partial charge in [0.1, 0.15) is 0 Å². The summed E-state index contributed by atoms with van der Waals surface area (Å²) >= 11 is 6.29. The first-order valence-electron chi connectivity index (χ1n) is 7.25. The van der Waals surface area contributed by atoms with Crippen LogP contribution in [-0.2, 0) is 15.1 Å². The Kier molecular flexibility index (Phi) is 5.91. The Morgan fingerprint density at radius 1 is 1.14 bits per heavy atom. The summed E-state index contributed by atoms with van der Waals surface area (Å²) < 4.78 is 11.3. The smallest absolute Gasteiger partial charge is 0.195 e. The van der Waals surface area contributed by atoms with Crippen LogP contribution in [0.5, 0.6) is 0 Å². The lowest BCUT2D eigenvalue weighted by molar-refractivity contribution is -0.225. The fraction of sp³-hybridized carbons (Fsp3) is 0.353. The number of halogens is 1. The quantitative estimate of drug-likeness (QED) is 0.794. The molecule has 0 spiro atoms.